The van der Waals surface area contributed by atoms with Crippen molar-refractivity contribution in [3.63, 3.8) is 0 Å². The number of rotatable bonds is 7. The van der Waals surface area contributed by atoms with Gasteiger partial charge in [0.25, 0.3) is 0 Å². The zero-order valence-corrected chi connectivity index (χ0v) is 22.0. The summed E-state index contributed by atoms with van der Waals surface area (Å²) in [5.41, 5.74) is 12.4. The van der Waals surface area contributed by atoms with Crippen LogP contribution in [0.3, 0.4) is 0 Å². The van der Waals surface area contributed by atoms with Gasteiger partial charge in [-0.15, -0.1) is 0 Å². The molecule has 1 aliphatic carbocycles. The third-order valence-corrected chi connectivity index (χ3v) is 8.17. The summed E-state index contributed by atoms with van der Waals surface area (Å²) < 4.78 is 2.16. The van der Waals surface area contributed by atoms with Gasteiger partial charge in [-0.25, -0.2) is 15.0 Å². The first-order chi connectivity index (χ1) is 18.7. The maximum absolute atomic E-state index is 6.32. The SMILES string of the molecule is C=CNC1CCN(Cc2ccc(-n3c(-c4cccnc4N)nc4ccc(C5CCCCC5)nc43)cc2)CC1. The van der Waals surface area contributed by atoms with E-state index >= 15 is 0 Å². The van der Waals surface area contributed by atoms with Gasteiger partial charge in [0.05, 0.1) is 5.56 Å². The van der Waals surface area contributed by atoms with Crippen LogP contribution >= 0.6 is 0 Å². The molecule has 38 heavy (non-hydrogen) atoms. The van der Waals surface area contributed by atoms with Crippen molar-refractivity contribution < 1.29 is 0 Å². The van der Waals surface area contributed by atoms with Crippen molar-refractivity contribution in [1.82, 2.24) is 29.7 Å². The number of imidazole rings is 1. The van der Waals surface area contributed by atoms with Crippen molar-refractivity contribution in [1.29, 1.82) is 0 Å². The van der Waals surface area contributed by atoms with Crippen molar-refractivity contribution in [2.45, 2.75) is 63.5 Å². The summed E-state index contributed by atoms with van der Waals surface area (Å²) in [6.45, 7) is 6.95. The average Bonchev–Trinajstić information content (AvgIpc) is 3.34. The molecule has 0 spiro atoms. The van der Waals surface area contributed by atoms with Gasteiger partial charge in [-0.05, 0) is 73.8 Å². The third kappa shape index (κ3) is 5.03. The van der Waals surface area contributed by atoms with Crippen LogP contribution in [0.5, 0.6) is 0 Å². The number of fused-ring (bicyclic) bond motifs is 1. The van der Waals surface area contributed by atoms with E-state index in [4.69, 9.17) is 15.7 Å². The Balaban J connectivity index is 1.34. The molecule has 7 nitrogen and oxygen atoms in total. The van der Waals surface area contributed by atoms with Crippen LogP contribution in [0.4, 0.5) is 5.82 Å². The Morgan fingerprint density at radius 2 is 1.74 bits per heavy atom. The summed E-state index contributed by atoms with van der Waals surface area (Å²) in [6.07, 6.45) is 12.2. The van der Waals surface area contributed by atoms with Crippen LogP contribution in [0, 0.1) is 0 Å². The monoisotopic (exact) mass is 507 g/mol. The molecule has 1 saturated heterocycles. The van der Waals surface area contributed by atoms with Gasteiger partial charge in [0.1, 0.15) is 11.3 Å². The standard InChI is InChI=1S/C31H37N7/c1-2-33-24-16-19-37(20-17-24)21-22-10-12-25(13-11-22)38-30(26-9-6-18-34-29(26)32)36-28-15-14-27(35-31(28)38)23-7-4-3-5-8-23/h2,6,9-15,18,23-24,33H,1,3-5,7-8,16-17,19-21H2,(H2,32,34). The number of pyridine rings is 2. The van der Waals surface area contributed by atoms with E-state index in [9.17, 15) is 0 Å². The molecule has 4 heterocycles. The topological polar surface area (TPSA) is 84.9 Å². The quantitative estimate of drug-likeness (QED) is 0.328. The Bertz CT molecular complexity index is 1390. The lowest BCUT2D eigenvalue weighted by atomic mass is 9.87. The average molecular weight is 508 g/mol. The smallest absolute Gasteiger partial charge is 0.165 e. The number of aromatic nitrogens is 4. The maximum Gasteiger partial charge on any atom is 0.165 e. The molecular weight excluding hydrogens is 470 g/mol. The molecule has 1 aliphatic heterocycles. The first kappa shape index (κ1) is 24.6. The van der Waals surface area contributed by atoms with E-state index in [1.165, 1.54) is 43.4 Å². The van der Waals surface area contributed by atoms with E-state index in [-0.39, 0.29) is 0 Å². The minimum absolute atomic E-state index is 0.475. The lowest BCUT2D eigenvalue weighted by Gasteiger charge is -2.32. The summed E-state index contributed by atoms with van der Waals surface area (Å²) in [5, 5.41) is 3.36. The van der Waals surface area contributed by atoms with Gasteiger partial charge in [0, 0.05) is 49.2 Å². The van der Waals surface area contributed by atoms with Crippen LogP contribution in [-0.2, 0) is 6.54 Å². The second kappa shape index (κ2) is 11.0. The van der Waals surface area contributed by atoms with Gasteiger partial charge in [-0.2, -0.15) is 0 Å². The van der Waals surface area contributed by atoms with Crippen molar-refractivity contribution in [2.24, 2.45) is 0 Å². The van der Waals surface area contributed by atoms with Crippen LogP contribution in [0.25, 0.3) is 28.2 Å². The highest BCUT2D eigenvalue weighted by atomic mass is 15.1. The predicted octanol–water partition coefficient (Wildman–Crippen LogP) is 5.81. The first-order valence-electron chi connectivity index (χ1n) is 14.0. The molecule has 6 rings (SSSR count). The second-order valence-electron chi connectivity index (χ2n) is 10.7. The number of hydrogen-bond donors (Lipinski definition) is 2. The number of nitrogen functional groups attached to an aromatic ring is 1. The van der Waals surface area contributed by atoms with Crippen molar-refractivity contribution >= 4 is 17.0 Å². The molecular formula is C31H37N7. The Labute approximate surface area is 224 Å². The maximum atomic E-state index is 6.32. The van der Waals surface area contributed by atoms with Gasteiger partial charge in [-0.1, -0.05) is 38.0 Å². The zero-order chi connectivity index (χ0) is 25.9. The minimum Gasteiger partial charge on any atom is -0.389 e. The number of likely N-dealkylation sites (tertiary alicyclic amines) is 1. The summed E-state index contributed by atoms with van der Waals surface area (Å²) in [6, 6.07) is 17.6. The van der Waals surface area contributed by atoms with E-state index in [1.807, 2.05) is 18.3 Å². The highest BCUT2D eigenvalue weighted by Gasteiger charge is 2.22. The minimum atomic E-state index is 0.475. The summed E-state index contributed by atoms with van der Waals surface area (Å²) in [4.78, 5) is 17.1. The number of nitrogens with zero attached hydrogens (tertiary/aromatic N) is 5. The van der Waals surface area contributed by atoms with E-state index in [0.29, 0.717) is 17.8 Å². The van der Waals surface area contributed by atoms with Gasteiger partial charge in [0.15, 0.2) is 11.5 Å². The normalized spacial score (nSPS) is 17.6. The molecule has 0 amide bonds. The van der Waals surface area contributed by atoms with Crippen LogP contribution in [0.15, 0.2) is 67.5 Å². The summed E-state index contributed by atoms with van der Waals surface area (Å²) in [7, 11) is 0. The Kier molecular flexibility index (Phi) is 7.10. The second-order valence-corrected chi connectivity index (χ2v) is 10.7. The molecule has 3 N–H and O–H groups in total. The van der Waals surface area contributed by atoms with Gasteiger partial charge in [-0.3, -0.25) is 9.47 Å². The molecule has 3 aromatic heterocycles. The summed E-state index contributed by atoms with van der Waals surface area (Å²) >= 11 is 0. The molecule has 0 radical (unpaired) electrons. The van der Waals surface area contributed by atoms with E-state index in [2.05, 4.69) is 62.7 Å². The highest BCUT2D eigenvalue weighted by molar-refractivity contribution is 5.82. The third-order valence-electron chi connectivity index (χ3n) is 8.17. The van der Waals surface area contributed by atoms with Crippen molar-refractivity contribution in [3.8, 4) is 17.1 Å². The van der Waals surface area contributed by atoms with Crippen LogP contribution in [0.2, 0.25) is 0 Å². The Morgan fingerprint density at radius 1 is 0.947 bits per heavy atom. The molecule has 1 saturated carbocycles. The molecule has 1 aromatic carbocycles. The van der Waals surface area contributed by atoms with Crippen LogP contribution < -0.4 is 11.1 Å². The fraction of sp³-hybridized carbons (Fsp3) is 0.387. The fourth-order valence-electron chi connectivity index (χ4n) is 6.06. The van der Waals surface area contributed by atoms with E-state index < -0.39 is 0 Å². The number of nitrogens with two attached hydrogens (primary N) is 1. The predicted molar refractivity (Wildman–Crippen MR) is 154 cm³/mol. The molecule has 2 fully saturated rings. The van der Waals surface area contributed by atoms with E-state index in [1.54, 1.807) is 6.20 Å². The van der Waals surface area contributed by atoms with Crippen LogP contribution in [0.1, 0.15) is 62.1 Å². The molecule has 0 bridgehead atoms. The number of piperidine rings is 1. The summed E-state index contributed by atoms with van der Waals surface area (Å²) in [5.74, 6) is 1.78. The number of benzene rings is 1. The molecule has 0 atom stereocenters. The molecule has 7 heteroatoms. The molecule has 0 unspecified atom stereocenters. The fourth-order valence-corrected chi connectivity index (χ4v) is 6.06. The lowest BCUT2D eigenvalue weighted by Crippen LogP contribution is -2.40. The van der Waals surface area contributed by atoms with Gasteiger partial charge < -0.3 is 11.1 Å². The Morgan fingerprint density at radius 3 is 2.47 bits per heavy atom. The molecule has 2 aliphatic rings. The zero-order valence-electron chi connectivity index (χ0n) is 22.0. The number of nitrogens with one attached hydrogen (secondary N) is 1. The largest absolute Gasteiger partial charge is 0.389 e. The van der Waals surface area contributed by atoms with Crippen LogP contribution in [-0.4, -0.2) is 43.6 Å². The Hall–Kier alpha value is -3.71. The highest BCUT2D eigenvalue weighted by Crippen LogP contribution is 2.35. The van der Waals surface area contributed by atoms with E-state index in [0.717, 1.165) is 60.7 Å². The first-order valence-corrected chi connectivity index (χ1v) is 14.0. The lowest BCUT2D eigenvalue weighted by molar-refractivity contribution is 0.197. The number of anilines is 1. The molecule has 196 valence electrons. The van der Waals surface area contributed by atoms with Gasteiger partial charge >= 0.3 is 0 Å². The van der Waals surface area contributed by atoms with Crippen molar-refractivity contribution in [3.05, 3.63) is 78.8 Å². The van der Waals surface area contributed by atoms with Crippen molar-refractivity contribution in [2.75, 3.05) is 18.8 Å². The molecule has 4 aromatic rings. The number of hydrogen-bond acceptors (Lipinski definition) is 6. The van der Waals surface area contributed by atoms with Gasteiger partial charge in [0.2, 0.25) is 0 Å².